The summed E-state index contributed by atoms with van der Waals surface area (Å²) in [6.45, 7) is 7.58. The molecule has 0 radical (unpaired) electrons. The highest BCUT2D eigenvalue weighted by Crippen LogP contribution is 2.36. The molecule has 0 saturated heterocycles. The number of thioether (sulfide) groups is 1. The lowest BCUT2D eigenvalue weighted by molar-refractivity contribution is 0.589. The summed E-state index contributed by atoms with van der Waals surface area (Å²) in [5, 5.41) is 1.70. The van der Waals surface area contributed by atoms with Crippen molar-refractivity contribution in [1.29, 1.82) is 0 Å². The zero-order valence-electron chi connectivity index (χ0n) is 15.8. The van der Waals surface area contributed by atoms with Gasteiger partial charge < -0.3 is 4.57 Å². The number of aromatic nitrogens is 2. The fraction of sp³-hybridized carbons (Fsp3) is 0.318. The number of halogens is 2. The summed E-state index contributed by atoms with van der Waals surface area (Å²) < 4.78 is 2.12. The molecule has 0 spiro atoms. The number of imidazole rings is 1. The van der Waals surface area contributed by atoms with Gasteiger partial charge in [0.1, 0.15) is 0 Å². The van der Waals surface area contributed by atoms with Crippen LogP contribution in [0.3, 0.4) is 0 Å². The van der Waals surface area contributed by atoms with Crippen molar-refractivity contribution in [2.45, 2.75) is 43.7 Å². The van der Waals surface area contributed by atoms with Gasteiger partial charge in [-0.15, -0.1) is 11.8 Å². The van der Waals surface area contributed by atoms with Crippen LogP contribution in [0, 0.1) is 0 Å². The lowest BCUT2D eigenvalue weighted by Crippen LogP contribution is -2.11. The maximum atomic E-state index is 6.36. The summed E-state index contributed by atoms with van der Waals surface area (Å²) in [5.74, 6) is 0.830. The topological polar surface area (TPSA) is 17.8 Å². The van der Waals surface area contributed by atoms with Crippen molar-refractivity contribution in [1.82, 2.24) is 9.55 Å². The minimum absolute atomic E-state index is 0.155. The Morgan fingerprint density at radius 3 is 2.41 bits per heavy atom. The van der Waals surface area contributed by atoms with Gasteiger partial charge in [0.15, 0.2) is 0 Å². The zero-order valence-corrected chi connectivity index (χ0v) is 18.2. The molecule has 0 N–H and O–H groups in total. The molecule has 5 heteroatoms. The van der Waals surface area contributed by atoms with Gasteiger partial charge in [-0.1, -0.05) is 74.3 Å². The lowest BCUT2D eigenvalue weighted by atomic mass is 9.86. The van der Waals surface area contributed by atoms with Crippen molar-refractivity contribution in [3.05, 3.63) is 87.9 Å². The molecular weight excluding hydrogens is 395 g/mol. The van der Waals surface area contributed by atoms with Crippen molar-refractivity contribution in [2.75, 3.05) is 0 Å². The zero-order chi connectivity index (χ0) is 19.4. The van der Waals surface area contributed by atoms with Crippen molar-refractivity contribution < 1.29 is 0 Å². The monoisotopic (exact) mass is 418 g/mol. The number of benzene rings is 2. The molecule has 1 atom stereocenters. The van der Waals surface area contributed by atoms with Crippen LogP contribution in [0.5, 0.6) is 0 Å². The highest BCUT2D eigenvalue weighted by molar-refractivity contribution is 7.98. The number of nitrogens with zero attached hydrogens (tertiary/aromatic N) is 2. The third-order valence-corrected chi connectivity index (χ3v) is 6.43. The summed E-state index contributed by atoms with van der Waals surface area (Å²) in [5.41, 5.74) is 3.92. The largest absolute Gasteiger partial charge is 0.336 e. The molecule has 0 aliphatic heterocycles. The Kier molecular flexibility index (Phi) is 6.56. The predicted molar refractivity (Wildman–Crippen MR) is 118 cm³/mol. The van der Waals surface area contributed by atoms with E-state index in [0.717, 1.165) is 22.9 Å². The van der Waals surface area contributed by atoms with Crippen LogP contribution in [0.1, 0.15) is 42.7 Å². The molecule has 0 aliphatic carbocycles. The van der Waals surface area contributed by atoms with E-state index in [9.17, 15) is 0 Å². The molecule has 3 rings (SSSR count). The van der Waals surface area contributed by atoms with Gasteiger partial charge in [0.25, 0.3) is 0 Å². The fourth-order valence-electron chi connectivity index (χ4n) is 2.87. The second kappa shape index (κ2) is 8.72. The highest BCUT2D eigenvalue weighted by atomic mass is 35.5. The molecular formula is C22H24Cl2N2S. The van der Waals surface area contributed by atoms with E-state index in [1.807, 2.05) is 48.7 Å². The Balaban J connectivity index is 1.80. The Morgan fingerprint density at radius 2 is 1.81 bits per heavy atom. The maximum Gasteiger partial charge on any atom is 0.0946 e. The number of rotatable bonds is 6. The first-order chi connectivity index (χ1) is 12.8. The van der Waals surface area contributed by atoms with E-state index in [4.69, 9.17) is 23.2 Å². The van der Waals surface area contributed by atoms with Gasteiger partial charge in [-0.25, -0.2) is 4.98 Å². The molecule has 0 fully saturated rings. The van der Waals surface area contributed by atoms with Crippen LogP contribution in [0.4, 0.5) is 0 Å². The van der Waals surface area contributed by atoms with Crippen molar-refractivity contribution in [2.24, 2.45) is 0 Å². The van der Waals surface area contributed by atoms with Crippen LogP contribution in [0.15, 0.2) is 61.2 Å². The van der Waals surface area contributed by atoms with Crippen LogP contribution in [-0.2, 0) is 17.7 Å². The SMILES string of the molecule is CC(C)(C)c1ccc(C(Cn2ccnc2)SCc2ccc(Cl)cc2Cl)cc1. The van der Waals surface area contributed by atoms with E-state index >= 15 is 0 Å². The lowest BCUT2D eigenvalue weighted by Gasteiger charge is -2.22. The standard InChI is InChI=1S/C22H24Cl2N2S/c1-22(2,3)18-7-4-16(5-8-18)21(13-26-11-10-25-15-26)27-14-17-6-9-19(23)12-20(17)24/h4-12,15,21H,13-14H2,1-3H3. The molecule has 142 valence electrons. The Morgan fingerprint density at radius 1 is 1.07 bits per heavy atom. The first kappa shape index (κ1) is 20.3. The summed E-state index contributed by atoms with van der Waals surface area (Å²) >= 11 is 14.3. The van der Waals surface area contributed by atoms with Crippen molar-refractivity contribution >= 4 is 35.0 Å². The number of hydrogen-bond donors (Lipinski definition) is 0. The molecule has 1 heterocycles. The van der Waals surface area contributed by atoms with Gasteiger partial charge in [-0.2, -0.15) is 0 Å². The molecule has 27 heavy (non-hydrogen) atoms. The van der Waals surface area contributed by atoms with Crippen molar-refractivity contribution in [3.63, 3.8) is 0 Å². The minimum atomic E-state index is 0.155. The summed E-state index contributed by atoms with van der Waals surface area (Å²) in [6.07, 6.45) is 5.69. The molecule has 0 aliphatic rings. The summed E-state index contributed by atoms with van der Waals surface area (Å²) in [7, 11) is 0. The van der Waals surface area contributed by atoms with E-state index in [1.165, 1.54) is 11.1 Å². The van der Waals surface area contributed by atoms with Gasteiger partial charge in [-0.3, -0.25) is 0 Å². The smallest absolute Gasteiger partial charge is 0.0946 e. The van der Waals surface area contributed by atoms with E-state index < -0.39 is 0 Å². The van der Waals surface area contributed by atoms with Gasteiger partial charge in [0.2, 0.25) is 0 Å². The first-order valence-corrected chi connectivity index (χ1v) is 10.7. The molecule has 2 nitrogen and oxygen atoms in total. The highest BCUT2D eigenvalue weighted by Gasteiger charge is 2.17. The van der Waals surface area contributed by atoms with E-state index in [-0.39, 0.29) is 5.41 Å². The van der Waals surface area contributed by atoms with Crippen LogP contribution in [0.25, 0.3) is 0 Å². The van der Waals surface area contributed by atoms with E-state index in [0.29, 0.717) is 10.3 Å². The Labute approximate surface area is 175 Å². The Bertz CT molecular complexity index is 868. The fourth-order valence-corrected chi connectivity index (χ4v) is 4.68. The third-order valence-electron chi connectivity index (χ3n) is 4.54. The molecule has 2 aromatic carbocycles. The molecule has 0 saturated carbocycles. The van der Waals surface area contributed by atoms with Crippen LogP contribution in [0.2, 0.25) is 10.0 Å². The van der Waals surface area contributed by atoms with Crippen LogP contribution >= 0.6 is 35.0 Å². The molecule has 1 unspecified atom stereocenters. The molecule has 1 aromatic heterocycles. The molecule has 0 bridgehead atoms. The molecule has 0 amide bonds. The summed E-state index contributed by atoms with van der Waals surface area (Å²) in [6, 6.07) is 14.7. The van der Waals surface area contributed by atoms with Gasteiger partial charge in [0, 0.05) is 40.0 Å². The second-order valence-corrected chi connectivity index (χ2v) is 9.70. The molecule has 3 aromatic rings. The maximum absolute atomic E-state index is 6.36. The Hall–Kier alpha value is -1.42. The van der Waals surface area contributed by atoms with Gasteiger partial charge in [-0.05, 0) is 34.2 Å². The van der Waals surface area contributed by atoms with Crippen LogP contribution in [-0.4, -0.2) is 9.55 Å². The van der Waals surface area contributed by atoms with Gasteiger partial charge in [0.05, 0.1) is 6.33 Å². The normalized spacial score (nSPS) is 12.9. The summed E-state index contributed by atoms with van der Waals surface area (Å²) in [4.78, 5) is 4.18. The quantitative estimate of drug-likeness (QED) is 0.422. The third kappa shape index (κ3) is 5.54. The second-order valence-electron chi connectivity index (χ2n) is 7.67. The number of hydrogen-bond acceptors (Lipinski definition) is 2. The average Bonchev–Trinajstić information content (AvgIpc) is 3.12. The average molecular weight is 419 g/mol. The van der Waals surface area contributed by atoms with E-state index in [2.05, 4.69) is 54.6 Å². The van der Waals surface area contributed by atoms with Crippen molar-refractivity contribution in [3.8, 4) is 0 Å². The predicted octanol–water partition coefficient (Wildman–Crippen LogP) is 7.16. The van der Waals surface area contributed by atoms with Gasteiger partial charge >= 0.3 is 0 Å². The van der Waals surface area contributed by atoms with E-state index in [1.54, 1.807) is 0 Å². The first-order valence-electron chi connectivity index (χ1n) is 8.94. The van der Waals surface area contributed by atoms with Crippen LogP contribution < -0.4 is 0 Å². The minimum Gasteiger partial charge on any atom is -0.336 e.